The maximum absolute atomic E-state index is 13.7. The first kappa shape index (κ1) is 16.4. The van der Waals surface area contributed by atoms with Crippen LogP contribution in [0.15, 0.2) is 18.2 Å². The van der Waals surface area contributed by atoms with E-state index >= 15 is 0 Å². The number of benzene rings is 1. The molecule has 0 saturated carbocycles. The Balaban J connectivity index is 2.13. The number of nitrogens with one attached hydrogen (secondary N) is 1. The molecule has 118 valence electrons. The van der Waals surface area contributed by atoms with Gasteiger partial charge in [0.25, 0.3) is 0 Å². The molecule has 1 saturated heterocycles. The summed E-state index contributed by atoms with van der Waals surface area (Å²) in [6, 6.07) is 5.17. The Bertz CT molecular complexity index is 479. The second-order valence-electron chi connectivity index (χ2n) is 6.08. The van der Waals surface area contributed by atoms with Crippen LogP contribution < -0.4 is 5.32 Å². The van der Waals surface area contributed by atoms with Gasteiger partial charge in [-0.05, 0) is 38.0 Å². The highest BCUT2D eigenvalue weighted by Crippen LogP contribution is 2.18. The van der Waals surface area contributed by atoms with Crippen LogP contribution in [0.2, 0.25) is 0 Å². The van der Waals surface area contributed by atoms with Crippen molar-refractivity contribution in [2.24, 2.45) is 0 Å². The zero-order valence-corrected chi connectivity index (χ0v) is 12.9. The van der Waals surface area contributed by atoms with E-state index < -0.39 is 12.2 Å². The van der Waals surface area contributed by atoms with Gasteiger partial charge in [0.15, 0.2) is 0 Å². The number of rotatable bonds is 4. The van der Waals surface area contributed by atoms with E-state index in [1.54, 1.807) is 32.9 Å². The summed E-state index contributed by atoms with van der Waals surface area (Å²) in [5, 5.41) is 22.9. The van der Waals surface area contributed by atoms with Crippen LogP contribution in [0.5, 0.6) is 0 Å². The topological polar surface area (TPSA) is 55.7 Å². The van der Waals surface area contributed by atoms with E-state index in [1.807, 2.05) is 6.07 Å². The van der Waals surface area contributed by atoms with E-state index in [0.29, 0.717) is 25.2 Å². The summed E-state index contributed by atoms with van der Waals surface area (Å²) >= 11 is 0. The number of hydrogen-bond donors (Lipinski definition) is 3. The minimum Gasteiger partial charge on any atom is -0.392 e. The van der Waals surface area contributed by atoms with Crippen molar-refractivity contribution < 1.29 is 14.6 Å². The number of aliphatic hydroxyl groups excluding tert-OH is 2. The molecule has 0 amide bonds. The summed E-state index contributed by atoms with van der Waals surface area (Å²) in [7, 11) is 0. The van der Waals surface area contributed by atoms with Crippen LogP contribution in [0.1, 0.15) is 25.0 Å². The SMILES string of the molecule is Cc1ccc(CN2C[C@H]([C@H](C)O)NC[C@H]2[C@H](C)O)cc1F. The van der Waals surface area contributed by atoms with Crippen LogP contribution in [0.4, 0.5) is 4.39 Å². The summed E-state index contributed by atoms with van der Waals surface area (Å²) in [4.78, 5) is 2.11. The van der Waals surface area contributed by atoms with Crippen molar-refractivity contribution in [3.05, 3.63) is 35.1 Å². The predicted molar refractivity (Wildman–Crippen MR) is 80.5 cm³/mol. The molecule has 5 heteroatoms. The lowest BCUT2D eigenvalue weighted by atomic mass is 10.0. The summed E-state index contributed by atoms with van der Waals surface area (Å²) < 4.78 is 13.7. The molecule has 4 atom stereocenters. The van der Waals surface area contributed by atoms with Gasteiger partial charge in [-0.15, -0.1) is 0 Å². The van der Waals surface area contributed by atoms with Gasteiger partial charge in [-0.3, -0.25) is 4.90 Å². The number of aliphatic hydroxyl groups is 2. The summed E-state index contributed by atoms with van der Waals surface area (Å²) in [5.74, 6) is -0.205. The molecule has 0 aliphatic carbocycles. The Kier molecular flexibility index (Phi) is 5.32. The minimum absolute atomic E-state index is 0.0321. The fourth-order valence-electron chi connectivity index (χ4n) is 2.80. The average Bonchev–Trinajstić information content (AvgIpc) is 2.42. The van der Waals surface area contributed by atoms with Gasteiger partial charge < -0.3 is 15.5 Å². The molecule has 1 aliphatic rings. The molecule has 1 aliphatic heterocycles. The molecular weight excluding hydrogens is 271 g/mol. The third-order valence-corrected chi connectivity index (χ3v) is 4.25. The van der Waals surface area contributed by atoms with Gasteiger partial charge in [0.2, 0.25) is 0 Å². The van der Waals surface area contributed by atoms with Gasteiger partial charge in [0.1, 0.15) is 5.82 Å². The second kappa shape index (κ2) is 6.83. The number of halogens is 1. The molecular formula is C16H25FN2O2. The molecule has 1 aromatic rings. The number of piperazine rings is 1. The lowest BCUT2D eigenvalue weighted by Crippen LogP contribution is -2.62. The van der Waals surface area contributed by atoms with Crippen LogP contribution in [0.25, 0.3) is 0 Å². The molecule has 0 aromatic heterocycles. The minimum atomic E-state index is -0.484. The molecule has 1 fully saturated rings. The first-order valence-corrected chi connectivity index (χ1v) is 7.47. The average molecular weight is 296 g/mol. The maximum atomic E-state index is 13.7. The maximum Gasteiger partial charge on any atom is 0.126 e. The van der Waals surface area contributed by atoms with E-state index in [1.165, 1.54) is 0 Å². The molecule has 0 radical (unpaired) electrons. The normalized spacial score (nSPS) is 26.6. The zero-order valence-electron chi connectivity index (χ0n) is 12.9. The Morgan fingerprint density at radius 3 is 2.62 bits per heavy atom. The molecule has 3 N–H and O–H groups in total. The Morgan fingerprint density at radius 2 is 2.05 bits per heavy atom. The molecule has 0 bridgehead atoms. The van der Waals surface area contributed by atoms with Crippen LogP contribution in [0, 0.1) is 12.7 Å². The van der Waals surface area contributed by atoms with E-state index in [-0.39, 0.29) is 17.9 Å². The van der Waals surface area contributed by atoms with Gasteiger partial charge in [-0.25, -0.2) is 4.39 Å². The van der Waals surface area contributed by atoms with Gasteiger partial charge in [-0.1, -0.05) is 12.1 Å². The highest BCUT2D eigenvalue weighted by molar-refractivity contribution is 5.23. The van der Waals surface area contributed by atoms with Crippen molar-refractivity contribution in [3.63, 3.8) is 0 Å². The first-order valence-electron chi connectivity index (χ1n) is 7.47. The van der Waals surface area contributed by atoms with Crippen molar-refractivity contribution in [2.45, 2.75) is 51.6 Å². The monoisotopic (exact) mass is 296 g/mol. The van der Waals surface area contributed by atoms with E-state index in [4.69, 9.17) is 0 Å². The molecule has 1 heterocycles. The predicted octanol–water partition coefficient (Wildman–Crippen LogP) is 1.04. The molecule has 1 aromatic carbocycles. The number of aryl methyl sites for hydroxylation is 1. The molecule has 0 unspecified atom stereocenters. The zero-order chi connectivity index (χ0) is 15.6. The van der Waals surface area contributed by atoms with Crippen molar-refractivity contribution in [3.8, 4) is 0 Å². The van der Waals surface area contributed by atoms with Gasteiger partial charge in [0.05, 0.1) is 12.2 Å². The Hall–Kier alpha value is -1.01. The van der Waals surface area contributed by atoms with Crippen LogP contribution in [-0.2, 0) is 6.54 Å². The van der Waals surface area contributed by atoms with E-state index in [2.05, 4.69) is 10.2 Å². The van der Waals surface area contributed by atoms with E-state index in [0.717, 1.165) is 5.56 Å². The fourth-order valence-corrected chi connectivity index (χ4v) is 2.80. The highest BCUT2D eigenvalue weighted by atomic mass is 19.1. The van der Waals surface area contributed by atoms with Crippen molar-refractivity contribution in [1.29, 1.82) is 0 Å². The summed E-state index contributed by atoms with van der Waals surface area (Å²) in [5.41, 5.74) is 1.52. The molecule has 21 heavy (non-hydrogen) atoms. The van der Waals surface area contributed by atoms with Crippen LogP contribution in [-0.4, -0.2) is 52.5 Å². The molecule has 2 rings (SSSR count). The Labute approximate surface area is 125 Å². The first-order chi connectivity index (χ1) is 9.88. The summed E-state index contributed by atoms with van der Waals surface area (Å²) in [6.45, 7) is 7.07. The molecule has 0 spiro atoms. The smallest absolute Gasteiger partial charge is 0.126 e. The van der Waals surface area contributed by atoms with Crippen molar-refractivity contribution in [2.75, 3.05) is 13.1 Å². The number of hydrogen-bond acceptors (Lipinski definition) is 4. The standard InChI is InChI=1S/C16H25FN2O2/c1-10-4-5-13(6-14(10)17)8-19-9-15(11(2)20)18-7-16(19)12(3)21/h4-6,11-12,15-16,18,20-21H,7-9H2,1-3H3/t11-,12-,15+,16-/m0/s1. The van der Waals surface area contributed by atoms with Crippen LogP contribution >= 0.6 is 0 Å². The van der Waals surface area contributed by atoms with E-state index in [9.17, 15) is 14.6 Å². The quantitative estimate of drug-likeness (QED) is 0.777. The Morgan fingerprint density at radius 1 is 1.33 bits per heavy atom. The second-order valence-corrected chi connectivity index (χ2v) is 6.08. The third-order valence-electron chi connectivity index (χ3n) is 4.25. The highest BCUT2D eigenvalue weighted by Gasteiger charge is 2.32. The lowest BCUT2D eigenvalue weighted by molar-refractivity contribution is 0.00335. The lowest BCUT2D eigenvalue weighted by Gasteiger charge is -2.42. The largest absolute Gasteiger partial charge is 0.392 e. The fraction of sp³-hybridized carbons (Fsp3) is 0.625. The molecule has 4 nitrogen and oxygen atoms in total. The summed E-state index contributed by atoms with van der Waals surface area (Å²) in [6.07, 6.45) is -0.944. The van der Waals surface area contributed by atoms with Crippen LogP contribution in [0.3, 0.4) is 0 Å². The number of nitrogens with zero attached hydrogens (tertiary/aromatic N) is 1. The van der Waals surface area contributed by atoms with Crippen molar-refractivity contribution in [1.82, 2.24) is 10.2 Å². The van der Waals surface area contributed by atoms with Gasteiger partial charge in [0, 0.05) is 31.7 Å². The van der Waals surface area contributed by atoms with Gasteiger partial charge >= 0.3 is 0 Å². The van der Waals surface area contributed by atoms with Gasteiger partial charge in [-0.2, -0.15) is 0 Å². The van der Waals surface area contributed by atoms with Crippen molar-refractivity contribution >= 4 is 0 Å². The third kappa shape index (κ3) is 4.01.